The zero-order valence-electron chi connectivity index (χ0n) is 9.43. The van der Waals surface area contributed by atoms with Gasteiger partial charge in [0.2, 0.25) is 0 Å². The van der Waals surface area contributed by atoms with Crippen LogP contribution in [0.2, 0.25) is 0 Å². The molecule has 1 aliphatic rings. The lowest BCUT2D eigenvalue weighted by atomic mass is 10.00. The molecule has 86 valence electrons. The monoisotopic (exact) mass is 227 g/mol. The lowest BCUT2D eigenvalue weighted by molar-refractivity contribution is 0.0895. The van der Waals surface area contributed by atoms with Gasteiger partial charge in [-0.15, -0.1) is 0 Å². The van der Waals surface area contributed by atoms with Gasteiger partial charge in [0.25, 0.3) is 0 Å². The fourth-order valence-corrected chi connectivity index (χ4v) is 2.15. The number of nitrogens with zero attached hydrogens (tertiary/aromatic N) is 1. The summed E-state index contributed by atoms with van der Waals surface area (Å²) in [6.45, 7) is 1.22. The molecule has 0 spiro atoms. The van der Waals surface area contributed by atoms with Crippen molar-refractivity contribution in [2.45, 2.75) is 6.42 Å². The molecule has 1 atom stereocenters. The van der Waals surface area contributed by atoms with Gasteiger partial charge in [-0.2, -0.15) is 0 Å². The largest absolute Gasteiger partial charge is 0.381 e. The standard InChI is InChI=1S/C14H13NO2/c16-14(11-7-8-17-9-11)13-6-5-10-3-1-2-4-12(10)15-13/h1-6,11H,7-9H2. The molecule has 1 aromatic carbocycles. The first-order valence-electron chi connectivity index (χ1n) is 5.82. The first kappa shape index (κ1) is 10.4. The van der Waals surface area contributed by atoms with Crippen molar-refractivity contribution in [2.75, 3.05) is 13.2 Å². The number of ether oxygens (including phenoxy) is 1. The van der Waals surface area contributed by atoms with Crippen molar-refractivity contribution >= 4 is 16.7 Å². The first-order chi connectivity index (χ1) is 8.34. The summed E-state index contributed by atoms with van der Waals surface area (Å²) in [5.74, 6) is 0.0944. The Morgan fingerprint density at radius 2 is 2.12 bits per heavy atom. The SMILES string of the molecule is O=C(c1ccc2ccccc2n1)C1CCOC1. The van der Waals surface area contributed by atoms with E-state index < -0.39 is 0 Å². The lowest BCUT2D eigenvalue weighted by Gasteiger charge is -2.06. The number of fused-ring (bicyclic) bond motifs is 1. The molecule has 0 bridgehead atoms. The molecule has 0 aliphatic carbocycles. The highest BCUT2D eigenvalue weighted by Crippen LogP contribution is 2.19. The summed E-state index contributed by atoms with van der Waals surface area (Å²) < 4.78 is 5.24. The van der Waals surface area contributed by atoms with E-state index in [2.05, 4.69) is 4.98 Å². The van der Waals surface area contributed by atoms with Crippen LogP contribution in [0.15, 0.2) is 36.4 Å². The summed E-state index contributed by atoms with van der Waals surface area (Å²) >= 11 is 0. The maximum atomic E-state index is 12.1. The average Bonchev–Trinajstić information content (AvgIpc) is 2.91. The molecule has 1 saturated heterocycles. The summed E-state index contributed by atoms with van der Waals surface area (Å²) in [5, 5.41) is 1.06. The second kappa shape index (κ2) is 4.26. The van der Waals surface area contributed by atoms with Gasteiger partial charge in [-0.25, -0.2) is 4.98 Å². The Hall–Kier alpha value is -1.74. The molecular formula is C14H13NO2. The van der Waals surface area contributed by atoms with Crippen LogP contribution >= 0.6 is 0 Å². The highest BCUT2D eigenvalue weighted by atomic mass is 16.5. The third-order valence-corrected chi connectivity index (χ3v) is 3.15. The van der Waals surface area contributed by atoms with Crippen LogP contribution in [0.5, 0.6) is 0 Å². The molecule has 2 heterocycles. The van der Waals surface area contributed by atoms with Gasteiger partial charge < -0.3 is 4.74 Å². The van der Waals surface area contributed by atoms with Crippen LogP contribution in [-0.4, -0.2) is 24.0 Å². The Morgan fingerprint density at radius 1 is 1.24 bits per heavy atom. The molecule has 2 aromatic rings. The quantitative estimate of drug-likeness (QED) is 0.740. The van der Waals surface area contributed by atoms with E-state index in [1.165, 1.54) is 0 Å². The smallest absolute Gasteiger partial charge is 0.186 e. The fourth-order valence-electron chi connectivity index (χ4n) is 2.15. The van der Waals surface area contributed by atoms with Crippen LogP contribution in [0.25, 0.3) is 10.9 Å². The maximum Gasteiger partial charge on any atom is 0.186 e. The topological polar surface area (TPSA) is 39.2 Å². The fraction of sp³-hybridized carbons (Fsp3) is 0.286. The second-order valence-electron chi connectivity index (χ2n) is 4.31. The number of carbonyl (C=O) groups is 1. The Balaban J connectivity index is 1.97. The van der Waals surface area contributed by atoms with Gasteiger partial charge >= 0.3 is 0 Å². The third kappa shape index (κ3) is 1.94. The number of carbonyl (C=O) groups excluding carboxylic acids is 1. The minimum absolute atomic E-state index is 0.0105. The first-order valence-corrected chi connectivity index (χ1v) is 5.82. The van der Waals surface area contributed by atoms with Crippen molar-refractivity contribution < 1.29 is 9.53 Å². The molecule has 0 N–H and O–H groups in total. The van der Waals surface area contributed by atoms with Gasteiger partial charge in [-0.05, 0) is 18.6 Å². The summed E-state index contributed by atoms with van der Waals surface area (Å²) in [5.41, 5.74) is 1.43. The van der Waals surface area contributed by atoms with Crippen LogP contribution in [-0.2, 0) is 4.74 Å². The van der Waals surface area contributed by atoms with E-state index in [9.17, 15) is 4.79 Å². The molecular weight excluding hydrogens is 214 g/mol. The number of para-hydroxylation sites is 1. The van der Waals surface area contributed by atoms with Crippen molar-refractivity contribution in [1.29, 1.82) is 0 Å². The number of pyridine rings is 1. The minimum atomic E-state index is -0.0105. The Morgan fingerprint density at radius 3 is 2.94 bits per heavy atom. The highest BCUT2D eigenvalue weighted by molar-refractivity contribution is 5.98. The molecule has 1 aromatic heterocycles. The Kier molecular flexibility index (Phi) is 2.61. The van der Waals surface area contributed by atoms with E-state index in [4.69, 9.17) is 4.74 Å². The summed E-state index contributed by atoms with van der Waals surface area (Å²) in [6, 6.07) is 11.6. The summed E-state index contributed by atoms with van der Waals surface area (Å²) in [7, 11) is 0. The lowest BCUT2D eigenvalue weighted by Crippen LogP contribution is -2.15. The van der Waals surface area contributed by atoms with Gasteiger partial charge in [0, 0.05) is 17.9 Å². The van der Waals surface area contributed by atoms with Crippen LogP contribution in [0.3, 0.4) is 0 Å². The molecule has 1 aliphatic heterocycles. The van der Waals surface area contributed by atoms with Crippen molar-refractivity contribution in [3.8, 4) is 0 Å². The van der Waals surface area contributed by atoms with Crippen LogP contribution in [0, 0.1) is 5.92 Å². The Bertz CT molecular complexity index is 559. The van der Waals surface area contributed by atoms with E-state index in [-0.39, 0.29) is 11.7 Å². The van der Waals surface area contributed by atoms with E-state index in [0.717, 1.165) is 17.3 Å². The van der Waals surface area contributed by atoms with Crippen LogP contribution in [0.4, 0.5) is 0 Å². The maximum absolute atomic E-state index is 12.1. The van der Waals surface area contributed by atoms with E-state index in [0.29, 0.717) is 18.9 Å². The zero-order chi connectivity index (χ0) is 11.7. The highest BCUT2D eigenvalue weighted by Gasteiger charge is 2.25. The third-order valence-electron chi connectivity index (χ3n) is 3.15. The number of ketones is 1. The number of hydrogen-bond acceptors (Lipinski definition) is 3. The average molecular weight is 227 g/mol. The zero-order valence-corrected chi connectivity index (χ0v) is 9.43. The number of aromatic nitrogens is 1. The van der Waals surface area contributed by atoms with Crippen molar-refractivity contribution in [3.63, 3.8) is 0 Å². The van der Waals surface area contributed by atoms with E-state index in [1.807, 2.05) is 36.4 Å². The molecule has 0 saturated carbocycles. The molecule has 3 rings (SSSR count). The predicted octanol–water partition coefficient (Wildman–Crippen LogP) is 2.45. The number of Topliss-reactive ketones (excluding diaryl/α,β-unsaturated/α-hetero) is 1. The molecule has 0 radical (unpaired) electrons. The van der Waals surface area contributed by atoms with Gasteiger partial charge in [0.05, 0.1) is 12.1 Å². The van der Waals surface area contributed by atoms with Crippen molar-refractivity contribution in [2.24, 2.45) is 5.92 Å². The van der Waals surface area contributed by atoms with Crippen molar-refractivity contribution in [1.82, 2.24) is 4.98 Å². The number of hydrogen-bond donors (Lipinski definition) is 0. The molecule has 17 heavy (non-hydrogen) atoms. The van der Waals surface area contributed by atoms with E-state index >= 15 is 0 Å². The minimum Gasteiger partial charge on any atom is -0.381 e. The van der Waals surface area contributed by atoms with Gasteiger partial charge in [0.1, 0.15) is 5.69 Å². The van der Waals surface area contributed by atoms with Crippen LogP contribution in [0.1, 0.15) is 16.9 Å². The molecule has 3 heteroatoms. The summed E-state index contributed by atoms with van der Waals surface area (Å²) in [6.07, 6.45) is 0.813. The normalized spacial score (nSPS) is 19.6. The molecule has 1 unspecified atom stereocenters. The predicted molar refractivity (Wildman–Crippen MR) is 65.0 cm³/mol. The molecule has 3 nitrogen and oxygen atoms in total. The van der Waals surface area contributed by atoms with Gasteiger partial charge in [0.15, 0.2) is 5.78 Å². The molecule has 1 fully saturated rings. The Labute approximate surface area is 99.4 Å². The van der Waals surface area contributed by atoms with E-state index in [1.54, 1.807) is 0 Å². The van der Waals surface area contributed by atoms with Gasteiger partial charge in [-0.3, -0.25) is 4.79 Å². The summed E-state index contributed by atoms with van der Waals surface area (Å²) in [4.78, 5) is 16.6. The van der Waals surface area contributed by atoms with Gasteiger partial charge in [-0.1, -0.05) is 24.3 Å². The number of rotatable bonds is 2. The molecule has 0 amide bonds. The number of benzene rings is 1. The second-order valence-corrected chi connectivity index (χ2v) is 4.31. The van der Waals surface area contributed by atoms with Crippen LogP contribution < -0.4 is 0 Å². The van der Waals surface area contributed by atoms with Crippen molar-refractivity contribution in [3.05, 3.63) is 42.1 Å².